The van der Waals surface area contributed by atoms with Gasteiger partial charge in [-0.05, 0) is 89.6 Å². The maximum Gasteiger partial charge on any atom is 0.195 e. The highest BCUT2D eigenvalue weighted by molar-refractivity contribution is 6.31. The average molecular weight is 620 g/mol. The van der Waals surface area contributed by atoms with Gasteiger partial charge in [-0.3, -0.25) is 0 Å². The molecule has 0 unspecified atom stereocenters. The number of fused-ring (bicyclic) bond motifs is 3. The molecule has 49 heavy (non-hydrogen) atoms. The van der Waals surface area contributed by atoms with Gasteiger partial charge in [-0.2, -0.15) is 0 Å². The van der Waals surface area contributed by atoms with Crippen LogP contribution in [0.2, 0.25) is 0 Å². The Balaban J connectivity index is 1.36. The Labute approximate surface area is 282 Å². The minimum atomic E-state index is 0.666. The zero-order chi connectivity index (χ0) is 32.6. The van der Waals surface area contributed by atoms with E-state index in [1.54, 1.807) is 0 Å². The Morgan fingerprint density at radius 2 is 0.776 bits per heavy atom. The molecule has 0 aliphatic carbocycles. The molecule has 0 aliphatic rings. The van der Waals surface area contributed by atoms with Gasteiger partial charge in [-0.15, -0.1) is 0 Å². The second kappa shape index (κ2) is 10.3. The molecule has 0 saturated carbocycles. The van der Waals surface area contributed by atoms with Crippen LogP contribution >= 0.6 is 0 Å². The Hall–Kier alpha value is -6.94. The van der Waals surface area contributed by atoms with E-state index in [1.807, 2.05) is 24.3 Å². The second-order valence-electron chi connectivity index (χ2n) is 12.6. The number of hydrogen-bond donors (Lipinski definition) is 0. The molecule has 0 aliphatic heterocycles. The first-order chi connectivity index (χ1) is 24.3. The van der Waals surface area contributed by atoms with Gasteiger partial charge >= 0.3 is 0 Å². The summed E-state index contributed by atoms with van der Waals surface area (Å²) in [5.74, 6) is 0. The third-order valence-corrected chi connectivity index (χ3v) is 10.2. The van der Waals surface area contributed by atoms with Crippen molar-refractivity contribution in [2.45, 2.75) is 0 Å². The molecule has 1 aromatic heterocycles. The maximum absolute atomic E-state index is 7.95. The smallest absolute Gasteiger partial charge is 0.195 e. The van der Waals surface area contributed by atoms with Crippen molar-refractivity contribution in [3.05, 3.63) is 174 Å². The largest absolute Gasteiger partial charge is 0.309 e. The number of rotatable bonds is 3. The summed E-state index contributed by atoms with van der Waals surface area (Å²) in [5.41, 5.74) is 9.34. The summed E-state index contributed by atoms with van der Waals surface area (Å²) in [6.07, 6.45) is 0. The Kier molecular flexibility index (Phi) is 5.71. The summed E-state index contributed by atoms with van der Waals surface area (Å²) >= 11 is 0. The Morgan fingerprint density at radius 1 is 0.347 bits per heavy atom. The minimum Gasteiger partial charge on any atom is -0.309 e. The van der Waals surface area contributed by atoms with Crippen LogP contribution in [0.1, 0.15) is 0 Å². The van der Waals surface area contributed by atoms with Gasteiger partial charge in [0.25, 0.3) is 0 Å². The van der Waals surface area contributed by atoms with Crippen LogP contribution in [-0.4, -0.2) is 4.57 Å². The van der Waals surface area contributed by atoms with E-state index in [2.05, 4.69) is 142 Å². The predicted octanol–water partition coefficient (Wildman–Crippen LogP) is 13.3. The molecular weight excluding hydrogens is 595 g/mol. The second-order valence-corrected chi connectivity index (χ2v) is 12.6. The lowest BCUT2D eigenvalue weighted by Crippen LogP contribution is -1.94. The van der Waals surface area contributed by atoms with Crippen molar-refractivity contribution in [1.29, 1.82) is 0 Å². The van der Waals surface area contributed by atoms with E-state index in [0.29, 0.717) is 11.4 Å². The van der Waals surface area contributed by atoms with E-state index in [9.17, 15) is 0 Å². The summed E-state index contributed by atoms with van der Waals surface area (Å²) in [5, 5.41) is 11.2. The molecule has 0 bridgehead atoms. The fourth-order valence-corrected chi connectivity index (χ4v) is 8.22. The lowest BCUT2D eigenvalue weighted by molar-refractivity contribution is 1.18. The first kappa shape index (κ1) is 27.2. The van der Waals surface area contributed by atoms with E-state index in [0.717, 1.165) is 43.8 Å². The van der Waals surface area contributed by atoms with Crippen molar-refractivity contribution < 1.29 is 0 Å². The zero-order valence-corrected chi connectivity index (χ0v) is 26.3. The Bertz CT molecular complexity index is 3000. The monoisotopic (exact) mass is 619 g/mol. The van der Waals surface area contributed by atoms with Gasteiger partial charge < -0.3 is 4.57 Å². The van der Waals surface area contributed by atoms with Crippen molar-refractivity contribution in [2.75, 3.05) is 0 Å². The summed E-state index contributed by atoms with van der Waals surface area (Å²) in [7, 11) is 0. The number of aromatic nitrogens is 1. The molecule has 0 saturated heterocycles. The topological polar surface area (TPSA) is 13.7 Å². The molecule has 224 valence electrons. The highest BCUT2D eigenvalue weighted by atomic mass is 15.0. The van der Waals surface area contributed by atoms with E-state index < -0.39 is 0 Å². The summed E-state index contributed by atoms with van der Waals surface area (Å²) in [4.78, 5) is 7.76. The van der Waals surface area contributed by atoms with Crippen molar-refractivity contribution >= 4 is 76.3 Å². The van der Waals surface area contributed by atoms with E-state index >= 15 is 0 Å². The molecule has 0 radical (unpaired) electrons. The number of nitrogens with zero attached hydrogens (tertiary/aromatic N) is 3. The highest BCUT2D eigenvalue weighted by Gasteiger charge is 2.23. The van der Waals surface area contributed by atoms with Gasteiger partial charge in [-0.1, -0.05) is 127 Å². The molecule has 0 N–H and O–H groups in total. The van der Waals surface area contributed by atoms with Crippen LogP contribution in [0.3, 0.4) is 0 Å². The standard InChI is InChI=1S/C46H25N3/c1-47-39-24-22-35(29-14-6-7-15-30(29)39)43-31-16-8-10-18-33(31)44(34-19-11-9-17-32(34)43)36-23-26-41-45-37(36)20-21-38-40(48-2)25-27-42(46(38)45)49(41)28-12-4-3-5-13-28/h3-27H. The van der Waals surface area contributed by atoms with Crippen molar-refractivity contribution in [3.8, 4) is 27.9 Å². The molecule has 10 rings (SSSR count). The molecule has 10 aromatic rings. The molecule has 0 spiro atoms. The van der Waals surface area contributed by atoms with Gasteiger partial charge in [0.15, 0.2) is 11.4 Å². The van der Waals surface area contributed by atoms with Crippen LogP contribution in [0.25, 0.3) is 103 Å². The predicted molar refractivity (Wildman–Crippen MR) is 205 cm³/mol. The molecule has 9 aromatic carbocycles. The molecule has 1 heterocycles. The van der Waals surface area contributed by atoms with Gasteiger partial charge in [-0.25, -0.2) is 9.69 Å². The molecule has 0 amide bonds. The average Bonchev–Trinajstić information content (AvgIpc) is 3.51. The van der Waals surface area contributed by atoms with Gasteiger partial charge in [0.2, 0.25) is 0 Å². The SMILES string of the molecule is [C-]#[N+]c1ccc(-c2c3ccccc3c(-c3ccc4c5c3ccc3c([N+]#[C-])ccc(c35)n4-c3ccccc3)c3ccccc23)c2ccccc12. The third-order valence-electron chi connectivity index (χ3n) is 10.2. The van der Waals surface area contributed by atoms with Gasteiger partial charge in [0.1, 0.15) is 0 Å². The van der Waals surface area contributed by atoms with Crippen molar-refractivity contribution in [2.24, 2.45) is 0 Å². The third kappa shape index (κ3) is 3.70. The van der Waals surface area contributed by atoms with Crippen LogP contribution in [0, 0.1) is 13.1 Å². The summed E-state index contributed by atoms with van der Waals surface area (Å²) < 4.78 is 2.33. The van der Waals surface area contributed by atoms with Crippen LogP contribution in [0.15, 0.2) is 152 Å². The molecular formula is C46H25N3. The lowest BCUT2D eigenvalue weighted by Gasteiger charge is -2.20. The first-order valence-electron chi connectivity index (χ1n) is 16.4. The van der Waals surface area contributed by atoms with Crippen LogP contribution in [0.4, 0.5) is 11.4 Å². The Morgan fingerprint density at radius 3 is 1.39 bits per heavy atom. The zero-order valence-electron chi connectivity index (χ0n) is 26.3. The normalized spacial score (nSPS) is 11.6. The van der Waals surface area contributed by atoms with E-state index in [4.69, 9.17) is 13.1 Å². The number of hydrogen-bond acceptors (Lipinski definition) is 0. The van der Waals surface area contributed by atoms with E-state index in [1.165, 1.54) is 49.0 Å². The molecule has 0 atom stereocenters. The lowest BCUT2D eigenvalue weighted by atomic mass is 9.83. The summed E-state index contributed by atoms with van der Waals surface area (Å²) in [6.45, 7) is 15.8. The molecule has 3 heteroatoms. The molecule has 3 nitrogen and oxygen atoms in total. The van der Waals surface area contributed by atoms with E-state index in [-0.39, 0.29) is 0 Å². The minimum absolute atomic E-state index is 0.666. The fraction of sp³-hybridized carbons (Fsp3) is 0. The van der Waals surface area contributed by atoms with Crippen molar-refractivity contribution in [1.82, 2.24) is 4.57 Å². The quantitative estimate of drug-likeness (QED) is 0.106. The maximum atomic E-state index is 7.95. The van der Waals surface area contributed by atoms with Crippen LogP contribution < -0.4 is 0 Å². The fourth-order valence-electron chi connectivity index (χ4n) is 8.22. The van der Waals surface area contributed by atoms with Gasteiger partial charge in [0.05, 0.1) is 24.2 Å². The highest BCUT2D eigenvalue weighted by Crippen LogP contribution is 2.50. The van der Waals surface area contributed by atoms with Crippen LogP contribution in [0.5, 0.6) is 0 Å². The summed E-state index contributed by atoms with van der Waals surface area (Å²) in [6, 6.07) is 53.3. The first-order valence-corrected chi connectivity index (χ1v) is 16.4. The number of benzene rings is 9. The van der Waals surface area contributed by atoms with Gasteiger partial charge in [0, 0.05) is 16.5 Å². The molecule has 0 fully saturated rings. The number of para-hydroxylation sites is 1. The van der Waals surface area contributed by atoms with Crippen molar-refractivity contribution in [3.63, 3.8) is 0 Å². The van der Waals surface area contributed by atoms with Crippen LogP contribution in [-0.2, 0) is 0 Å².